The van der Waals surface area contributed by atoms with Crippen LogP contribution in [-0.2, 0) is 20.0 Å². The Kier molecular flexibility index (Phi) is 3.94. The lowest BCUT2D eigenvalue weighted by Crippen LogP contribution is -2.29. The Bertz CT molecular complexity index is 666. The average molecular weight is 293 g/mol. The molecule has 8 nitrogen and oxygen atoms in total. The molecule has 0 heterocycles. The standard InChI is InChI=1S/C8H11N3O5S2/c1-17(13,14)11-18(15,16)7-4-2-3-6(5-7)10-8(9)12/h2-5,11H,1H3,(H3,9,10,12). The van der Waals surface area contributed by atoms with Crippen LogP contribution in [0.25, 0.3) is 0 Å². The van der Waals surface area contributed by atoms with E-state index in [9.17, 15) is 21.6 Å². The maximum absolute atomic E-state index is 11.7. The molecule has 0 atom stereocenters. The van der Waals surface area contributed by atoms with Gasteiger partial charge in [-0.25, -0.2) is 21.6 Å². The molecule has 0 aliphatic rings. The highest BCUT2D eigenvalue weighted by Gasteiger charge is 2.19. The number of amides is 2. The van der Waals surface area contributed by atoms with Crippen LogP contribution in [0.5, 0.6) is 0 Å². The van der Waals surface area contributed by atoms with Gasteiger partial charge in [0.05, 0.1) is 11.2 Å². The van der Waals surface area contributed by atoms with Gasteiger partial charge in [-0.05, 0) is 18.2 Å². The first-order valence-corrected chi connectivity index (χ1v) is 7.88. The van der Waals surface area contributed by atoms with Crippen molar-refractivity contribution in [2.45, 2.75) is 4.90 Å². The fourth-order valence-electron chi connectivity index (χ4n) is 1.13. The molecule has 18 heavy (non-hydrogen) atoms. The second kappa shape index (κ2) is 4.92. The van der Waals surface area contributed by atoms with Gasteiger partial charge >= 0.3 is 6.03 Å². The van der Waals surface area contributed by atoms with Crippen molar-refractivity contribution in [1.29, 1.82) is 0 Å². The molecule has 0 unspecified atom stereocenters. The van der Waals surface area contributed by atoms with Crippen molar-refractivity contribution in [3.05, 3.63) is 24.3 Å². The third-order valence-corrected chi connectivity index (χ3v) is 4.64. The van der Waals surface area contributed by atoms with E-state index in [0.29, 0.717) is 0 Å². The molecule has 0 aliphatic heterocycles. The third-order valence-electron chi connectivity index (χ3n) is 1.67. The van der Waals surface area contributed by atoms with E-state index in [1.807, 2.05) is 0 Å². The van der Waals surface area contributed by atoms with Gasteiger partial charge in [0.1, 0.15) is 0 Å². The Balaban J connectivity index is 3.14. The van der Waals surface area contributed by atoms with Crippen LogP contribution in [-0.4, -0.2) is 29.1 Å². The van der Waals surface area contributed by atoms with Crippen LogP contribution in [0.1, 0.15) is 0 Å². The van der Waals surface area contributed by atoms with Crippen molar-refractivity contribution in [1.82, 2.24) is 4.13 Å². The largest absolute Gasteiger partial charge is 0.351 e. The van der Waals surface area contributed by atoms with Crippen LogP contribution in [0.15, 0.2) is 29.2 Å². The van der Waals surface area contributed by atoms with Gasteiger partial charge in [0.2, 0.25) is 10.0 Å². The predicted octanol–water partition coefficient (Wildman–Crippen LogP) is -0.585. The zero-order valence-electron chi connectivity index (χ0n) is 9.24. The molecule has 0 aliphatic carbocycles. The van der Waals surface area contributed by atoms with Crippen molar-refractivity contribution >= 4 is 31.8 Å². The number of anilines is 1. The normalized spacial score (nSPS) is 12.1. The van der Waals surface area contributed by atoms with E-state index in [0.717, 1.165) is 12.3 Å². The number of hydrogen-bond acceptors (Lipinski definition) is 5. The summed E-state index contributed by atoms with van der Waals surface area (Å²) in [5, 5.41) is 2.18. The van der Waals surface area contributed by atoms with Crippen molar-refractivity contribution in [2.24, 2.45) is 5.73 Å². The molecule has 0 saturated heterocycles. The quantitative estimate of drug-likeness (QED) is 0.682. The van der Waals surface area contributed by atoms with Crippen molar-refractivity contribution in [3.63, 3.8) is 0 Å². The number of rotatable bonds is 4. The Hall–Kier alpha value is -1.65. The minimum Gasteiger partial charge on any atom is -0.351 e. The topological polar surface area (TPSA) is 135 Å². The first-order chi connectivity index (χ1) is 8.10. The maximum Gasteiger partial charge on any atom is 0.316 e. The number of nitrogens with two attached hydrogens (primary N) is 1. The van der Waals surface area contributed by atoms with Crippen molar-refractivity contribution in [3.8, 4) is 0 Å². The molecule has 0 saturated carbocycles. The Labute approximate surface area is 104 Å². The van der Waals surface area contributed by atoms with E-state index in [1.165, 1.54) is 22.3 Å². The molecule has 0 spiro atoms. The molecule has 1 rings (SSSR count). The number of benzene rings is 1. The molecular formula is C8H11N3O5S2. The lowest BCUT2D eigenvalue weighted by Gasteiger charge is -2.07. The highest BCUT2D eigenvalue weighted by Crippen LogP contribution is 2.15. The minimum atomic E-state index is -4.21. The molecule has 10 heteroatoms. The Morgan fingerprint density at radius 1 is 1.22 bits per heavy atom. The SMILES string of the molecule is CS(=O)(=O)NS(=O)(=O)c1cccc(NC(N)=O)c1. The van der Waals surface area contributed by atoms with Gasteiger partial charge in [0.25, 0.3) is 10.0 Å². The smallest absolute Gasteiger partial charge is 0.316 e. The van der Waals surface area contributed by atoms with E-state index in [1.54, 1.807) is 0 Å². The van der Waals surface area contributed by atoms with Gasteiger partial charge in [-0.1, -0.05) is 6.07 Å². The molecule has 4 N–H and O–H groups in total. The third kappa shape index (κ3) is 4.31. The Morgan fingerprint density at radius 2 is 1.83 bits per heavy atom. The molecule has 1 aromatic carbocycles. The summed E-state index contributed by atoms with van der Waals surface area (Å²) in [6.45, 7) is 0. The summed E-state index contributed by atoms with van der Waals surface area (Å²) in [5.74, 6) is 0. The molecule has 0 fully saturated rings. The van der Waals surface area contributed by atoms with Crippen LogP contribution >= 0.6 is 0 Å². The van der Waals surface area contributed by atoms with Gasteiger partial charge in [0.15, 0.2) is 0 Å². The number of carbonyl (C=O) groups is 1. The van der Waals surface area contributed by atoms with E-state index in [2.05, 4.69) is 5.32 Å². The van der Waals surface area contributed by atoms with Crippen LogP contribution < -0.4 is 15.2 Å². The average Bonchev–Trinajstić information content (AvgIpc) is 2.13. The van der Waals surface area contributed by atoms with Gasteiger partial charge in [-0.15, -0.1) is 4.13 Å². The summed E-state index contributed by atoms with van der Waals surface area (Å²) < 4.78 is 46.6. The number of primary amides is 1. The van der Waals surface area contributed by atoms with Crippen molar-refractivity contribution in [2.75, 3.05) is 11.6 Å². The molecule has 0 radical (unpaired) electrons. The molecule has 2 amide bonds. The maximum atomic E-state index is 11.7. The van der Waals surface area contributed by atoms with E-state index in [-0.39, 0.29) is 10.6 Å². The summed E-state index contributed by atoms with van der Waals surface area (Å²) >= 11 is 0. The van der Waals surface area contributed by atoms with Gasteiger partial charge in [0, 0.05) is 5.69 Å². The molecule has 0 bridgehead atoms. The lowest BCUT2D eigenvalue weighted by molar-refractivity contribution is 0.259. The predicted molar refractivity (Wildman–Crippen MR) is 64.8 cm³/mol. The molecule has 1 aromatic rings. The van der Waals surface area contributed by atoms with Crippen LogP contribution in [0.3, 0.4) is 0 Å². The highest BCUT2D eigenvalue weighted by molar-refractivity contribution is 8.04. The number of nitrogens with one attached hydrogen (secondary N) is 2. The first kappa shape index (κ1) is 14.4. The van der Waals surface area contributed by atoms with Crippen molar-refractivity contribution < 1.29 is 21.6 Å². The number of sulfonamides is 2. The second-order valence-electron chi connectivity index (χ2n) is 3.38. The zero-order valence-corrected chi connectivity index (χ0v) is 10.9. The zero-order chi connectivity index (χ0) is 14.0. The van der Waals surface area contributed by atoms with E-state index in [4.69, 9.17) is 5.73 Å². The second-order valence-corrected chi connectivity index (χ2v) is 7.07. The summed E-state index contributed by atoms with van der Waals surface area (Å²) in [6, 6.07) is 4.14. The summed E-state index contributed by atoms with van der Waals surface area (Å²) in [6.07, 6.45) is 0.718. The summed E-state index contributed by atoms with van der Waals surface area (Å²) in [7, 11) is -8.12. The fourth-order valence-corrected chi connectivity index (χ4v) is 3.65. The van der Waals surface area contributed by atoms with Gasteiger partial charge in [-0.2, -0.15) is 0 Å². The first-order valence-electron chi connectivity index (χ1n) is 4.50. The lowest BCUT2D eigenvalue weighted by atomic mass is 10.3. The molecule has 100 valence electrons. The van der Waals surface area contributed by atoms with Crippen LogP contribution in [0.4, 0.5) is 10.5 Å². The number of urea groups is 1. The van der Waals surface area contributed by atoms with Gasteiger partial charge in [-0.3, -0.25) is 0 Å². The molecular weight excluding hydrogens is 282 g/mol. The molecule has 0 aromatic heterocycles. The summed E-state index contributed by atoms with van der Waals surface area (Å²) in [5.41, 5.74) is 5.01. The number of hydrogen-bond donors (Lipinski definition) is 3. The van der Waals surface area contributed by atoms with Gasteiger partial charge < -0.3 is 11.1 Å². The summed E-state index contributed by atoms with van der Waals surface area (Å²) in [4.78, 5) is 10.3. The Morgan fingerprint density at radius 3 is 2.33 bits per heavy atom. The number of carbonyl (C=O) groups excluding carboxylic acids is 1. The minimum absolute atomic E-state index is 0.138. The van der Waals surface area contributed by atoms with Crippen LogP contribution in [0.2, 0.25) is 0 Å². The van der Waals surface area contributed by atoms with E-state index < -0.39 is 26.1 Å². The monoisotopic (exact) mass is 293 g/mol. The van der Waals surface area contributed by atoms with E-state index >= 15 is 0 Å². The highest BCUT2D eigenvalue weighted by atomic mass is 32.3. The van der Waals surface area contributed by atoms with Crippen LogP contribution in [0, 0.1) is 0 Å². The fraction of sp³-hybridized carbons (Fsp3) is 0.125.